The summed E-state index contributed by atoms with van der Waals surface area (Å²) in [4.78, 5) is 18.9. The lowest BCUT2D eigenvalue weighted by Gasteiger charge is -2.35. The highest BCUT2D eigenvalue weighted by Crippen LogP contribution is 2.18. The van der Waals surface area contributed by atoms with Gasteiger partial charge >= 0.3 is 0 Å². The monoisotopic (exact) mass is 286 g/mol. The van der Waals surface area contributed by atoms with Gasteiger partial charge in [0.05, 0.1) is 17.9 Å². The highest BCUT2D eigenvalue weighted by molar-refractivity contribution is 5.82. The van der Waals surface area contributed by atoms with Gasteiger partial charge in [0.1, 0.15) is 5.65 Å². The van der Waals surface area contributed by atoms with Gasteiger partial charge in [0, 0.05) is 25.8 Å². The summed E-state index contributed by atoms with van der Waals surface area (Å²) in [7, 11) is 0. The fourth-order valence-corrected chi connectivity index (χ4v) is 2.96. The summed E-state index contributed by atoms with van der Waals surface area (Å²) in [6.45, 7) is 6.70. The maximum atomic E-state index is 12.2. The molecule has 1 aliphatic heterocycles. The van der Waals surface area contributed by atoms with Crippen molar-refractivity contribution in [3.8, 4) is 0 Å². The van der Waals surface area contributed by atoms with E-state index in [4.69, 9.17) is 0 Å². The Morgan fingerprint density at radius 3 is 3.10 bits per heavy atom. The number of amides is 1. The van der Waals surface area contributed by atoms with Crippen LogP contribution in [0.1, 0.15) is 26.0 Å². The van der Waals surface area contributed by atoms with Gasteiger partial charge < -0.3 is 9.72 Å². The van der Waals surface area contributed by atoms with Crippen LogP contribution >= 0.6 is 0 Å². The Hall–Kier alpha value is -1.88. The molecule has 0 aliphatic carbocycles. The number of nitrogens with zero attached hydrogens (tertiary/aromatic N) is 3. The summed E-state index contributed by atoms with van der Waals surface area (Å²) in [5.74, 6) is 0.660. The number of hydrogen-bond acceptors (Lipinski definition) is 3. The summed E-state index contributed by atoms with van der Waals surface area (Å²) in [6.07, 6.45) is 4.83. The quantitative estimate of drug-likeness (QED) is 0.930. The largest absolute Gasteiger partial charge is 0.353 e. The number of hydrogen-bond donors (Lipinski definition) is 1. The highest BCUT2D eigenvalue weighted by atomic mass is 16.2. The van der Waals surface area contributed by atoms with Crippen molar-refractivity contribution in [2.24, 2.45) is 5.92 Å². The predicted octanol–water partition coefficient (Wildman–Crippen LogP) is 1.68. The second-order valence-electron chi connectivity index (χ2n) is 6.09. The van der Waals surface area contributed by atoms with E-state index in [9.17, 15) is 4.79 Å². The maximum Gasteiger partial charge on any atom is 0.237 e. The van der Waals surface area contributed by atoms with Crippen LogP contribution in [0, 0.1) is 5.92 Å². The number of aromatic nitrogens is 2. The molecule has 112 valence electrons. The Bertz CT molecular complexity index is 634. The van der Waals surface area contributed by atoms with Crippen LogP contribution < -0.4 is 5.32 Å². The van der Waals surface area contributed by atoms with Crippen molar-refractivity contribution < 1.29 is 4.79 Å². The highest BCUT2D eigenvalue weighted by Gasteiger charge is 2.30. The molecule has 0 saturated carbocycles. The summed E-state index contributed by atoms with van der Waals surface area (Å²) in [6, 6.07) is 5.96. The molecule has 0 bridgehead atoms. The predicted molar refractivity (Wildman–Crippen MR) is 81.9 cm³/mol. The van der Waals surface area contributed by atoms with E-state index in [1.54, 1.807) is 0 Å². The van der Waals surface area contributed by atoms with Crippen molar-refractivity contribution in [3.63, 3.8) is 0 Å². The van der Waals surface area contributed by atoms with Crippen LogP contribution in [0.5, 0.6) is 0 Å². The van der Waals surface area contributed by atoms with E-state index in [0.29, 0.717) is 5.92 Å². The Morgan fingerprint density at radius 1 is 1.43 bits per heavy atom. The first-order chi connectivity index (χ1) is 10.1. The molecular weight excluding hydrogens is 264 g/mol. The third kappa shape index (κ3) is 2.93. The summed E-state index contributed by atoms with van der Waals surface area (Å²) < 4.78 is 2.10. The van der Waals surface area contributed by atoms with Crippen molar-refractivity contribution in [2.75, 3.05) is 13.1 Å². The SMILES string of the molecule is CC(C)C[C@@H]1C(=O)NCCN1Cc1cnc2ccccn12. The number of rotatable bonds is 4. The van der Waals surface area contributed by atoms with E-state index in [1.807, 2.05) is 30.6 Å². The Morgan fingerprint density at radius 2 is 2.29 bits per heavy atom. The van der Waals surface area contributed by atoms with Crippen LogP contribution in [0.15, 0.2) is 30.6 Å². The van der Waals surface area contributed by atoms with Crippen molar-refractivity contribution >= 4 is 11.6 Å². The molecule has 3 rings (SSSR count). The van der Waals surface area contributed by atoms with E-state index in [1.165, 1.54) is 0 Å². The Kier molecular flexibility index (Phi) is 3.92. The third-order valence-electron chi connectivity index (χ3n) is 4.00. The van der Waals surface area contributed by atoms with Gasteiger partial charge in [0.15, 0.2) is 0 Å². The number of nitrogens with one attached hydrogen (secondary N) is 1. The molecule has 1 N–H and O–H groups in total. The van der Waals surface area contributed by atoms with Gasteiger partial charge in [-0.2, -0.15) is 0 Å². The van der Waals surface area contributed by atoms with Gasteiger partial charge in [0.25, 0.3) is 0 Å². The number of piperazine rings is 1. The zero-order valence-corrected chi connectivity index (χ0v) is 12.6. The molecule has 21 heavy (non-hydrogen) atoms. The Balaban J connectivity index is 1.82. The molecule has 5 heteroatoms. The number of fused-ring (bicyclic) bond motifs is 1. The number of pyridine rings is 1. The molecular formula is C16H22N4O. The molecule has 5 nitrogen and oxygen atoms in total. The lowest BCUT2D eigenvalue weighted by Crippen LogP contribution is -2.55. The van der Waals surface area contributed by atoms with Gasteiger partial charge in [-0.15, -0.1) is 0 Å². The van der Waals surface area contributed by atoms with Crippen LogP contribution in [0.4, 0.5) is 0 Å². The molecule has 1 saturated heterocycles. The number of carbonyl (C=O) groups excluding carboxylic acids is 1. The van der Waals surface area contributed by atoms with Crippen molar-refractivity contribution in [1.29, 1.82) is 0 Å². The Labute approximate surface area is 125 Å². The van der Waals surface area contributed by atoms with Crippen molar-refractivity contribution in [3.05, 3.63) is 36.3 Å². The van der Waals surface area contributed by atoms with Crippen LogP contribution in [0.3, 0.4) is 0 Å². The topological polar surface area (TPSA) is 49.6 Å². The number of carbonyl (C=O) groups is 1. The molecule has 0 unspecified atom stereocenters. The third-order valence-corrected chi connectivity index (χ3v) is 4.00. The number of imidazole rings is 1. The van der Waals surface area contributed by atoms with Gasteiger partial charge in [0.2, 0.25) is 5.91 Å². The molecule has 0 spiro atoms. The van der Waals surface area contributed by atoms with Crippen molar-refractivity contribution in [2.45, 2.75) is 32.9 Å². The van der Waals surface area contributed by atoms with Gasteiger partial charge in [-0.1, -0.05) is 19.9 Å². The average Bonchev–Trinajstić information content (AvgIpc) is 2.86. The van der Waals surface area contributed by atoms with Crippen LogP contribution in [0.25, 0.3) is 5.65 Å². The molecule has 1 fully saturated rings. The fourth-order valence-electron chi connectivity index (χ4n) is 2.96. The normalized spacial score (nSPS) is 20.1. The van der Waals surface area contributed by atoms with E-state index in [2.05, 4.69) is 33.4 Å². The summed E-state index contributed by atoms with van der Waals surface area (Å²) in [5, 5.41) is 2.98. The summed E-state index contributed by atoms with van der Waals surface area (Å²) >= 11 is 0. The zero-order chi connectivity index (χ0) is 14.8. The summed E-state index contributed by atoms with van der Waals surface area (Å²) in [5.41, 5.74) is 2.09. The van der Waals surface area contributed by atoms with Crippen LogP contribution in [-0.4, -0.2) is 39.3 Å². The second kappa shape index (κ2) is 5.85. The van der Waals surface area contributed by atoms with Crippen LogP contribution in [0.2, 0.25) is 0 Å². The average molecular weight is 286 g/mol. The minimum Gasteiger partial charge on any atom is -0.353 e. The zero-order valence-electron chi connectivity index (χ0n) is 12.6. The molecule has 0 aromatic carbocycles. The first-order valence-electron chi connectivity index (χ1n) is 7.58. The second-order valence-corrected chi connectivity index (χ2v) is 6.09. The smallest absolute Gasteiger partial charge is 0.237 e. The molecule has 1 atom stereocenters. The van der Waals surface area contributed by atoms with Gasteiger partial charge in [-0.3, -0.25) is 9.69 Å². The molecule has 1 amide bonds. The molecule has 2 aromatic heterocycles. The standard InChI is InChI=1S/C16H22N4O/c1-12(2)9-14-16(21)17-6-8-19(14)11-13-10-18-15-5-3-4-7-20(13)15/h3-5,7,10,12,14H,6,8-9,11H2,1-2H3,(H,17,21)/t14-/m1/s1. The molecule has 0 radical (unpaired) electrons. The molecule has 2 aromatic rings. The molecule has 1 aliphatic rings. The van der Waals surface area contributed by atoms with E-state index in [-0.39, 0.29) is 11.9 Å². The van der Waals surface area contributed by atoms with Crippen LogP contribution in [-0.2, 0) is 11.3 Å². The lowest BCUT2D eigenvalue weighted by molar-refractivity contribution is -0.130. The van der Waals surface area contributed by atoms with E-state index < -0.39 is 0 Å². The maximum absolute atomic E-state index is 12.2. The first kappa shape index (κ1) is 14.1. The minimum absolute atomic E-state index is 0.0342. The van der Waals surface area contributed by atoms with Crippen molar-refractivity contribution in [1.82, 2.24) is 19.6 Å². The first-order valence-corrected chi connectivity index (χ1v) is 7.58. The fraction of sp³-hybridized carbons (Fsp3) is 0.500. The molecule has 3 heterocycles. The van der Waals surface area contributed by atoms with Gasteiger partial charge in [-0.25, -0.2) is 4.98 Å². The minimum atomic E-state index is -0.0342. The lowest BCUT2D eigenvalue weighted by atomic mass is 10.00. The van der Waals surface area contributed by atoms with E-state index >= 15 is 0 Å². The van der Waals surface area contributed by atoms with E-state index in [0.717, 1.165) is 37.4 Å². The van der Waals surface area contributed by atoms with Gasteiger partial charge in [-0.05, 0) is 24.5 Å².